The number of carbonyl (C=O) groups is 1. The molecule has 19 heavy (non-hydrogen) atoms. The van der Waals surface area contributed by atoms with Gasteiger partial charge >= 0.3 is 0 Å². The molecule has 0 spiro atoms. The zero-order chi connectivity index (χ0) is 13.4. The minimum Gasteiger partial charge on any atom is -0.398 e. The topological polar surface area (TPSA) is 46.3 Å². The highest BCUT2D eigenvalue weighted by atomic mass is 35.5. The Kier molecular flexibility index (Phi) is 2.91. The zero-order valence-corrected chi connectivity index (χ0v) is 11.0. The molecule has 0 radical (unpaired) electrons. The molecule has 4 heteroatoms. The van der Waals surface area contributed by atoms with Crippen LogP contribution in [-0.4, -0.2) is 10.8 Å². The largest absolute Gasteiger partial charge is 0.398 e. The molecule has 0 aromatic heterocycles. The Hall–Kier alpha value is -2.00. The highest BCUT2D eigenvalue weighted by molar-refractivity contribution is 6.30. The molecular weight excluding hydrogens is 260 g/mol. The van der Waals surface area contributed by atoms with Crippen LogP contribution in [0.1, 0.15) is 21.5 Å². The lowest BCUT2D eigenvalue weighted by Crippen LogP contribution is -2.23. The van der Waals surface area contributed by atoms with Gasteiger partial charge in [0.1, 0.15) is 0 Å². The summed E-state index contributed by atoms with van der Waals surface area (Å²) >= 11 is 5.85. The van der Waals surface area contributed by atoms with Crippen molar-refractivity contribution >= 4 is 23.2 Å². The van der Waals surface area contributed by atoms with E-state index in [1.807, 2.05) is 42.5 Å². The minimum atomic E-state index is 0.0391. The lowest BCUT2D eigenvalue weighted by atomic mass is 10.1. The number of rotatable bonds is 2. The van der Waals surface area contributed by atoms with Crippen LogP contribution in [-0.2, 0) is 13.1 Å². The van der Waals surface area contributed by atoms with E-state index in [9.17, 15) is 4.79 Å². The number of nitrogen functional groups attached to an aromatic ring is 1. The second-order valence-electron chi connectivity index (χ2n) is 4.66. The Morgan fingerprint density at radius 3 is 2.58 bits per heavy atom. The molecule has 0 bridgehead atoms. The van der Waals surface area contributed by atoms with E-state index in [1.165, 1.54) is 0 Å². The van der Waals surface area contributed by atoms with Gasteiger partial charge in [0, 0.05) is 34.9 Å². The summed E-state index contributed by atoms with van der Waals surface area (Å²) in [6.45, 7) is 1.15. The highest BCUT2D eigenvalue weighted by Crippen LogP contribution is 2.28. The first-order valence-electron chi connectivity index (χ1n) is 6.06. The predicted octanol–water partition coefficient (Wildman–Crippen LogP) is 3.08. The third kappa shape index (κ3) is 2.17. The molecule has 0 unspecified atom stereocenters. The number of nitrogens with zero attached hydrogens (tertiary/aromatic N) is 1. The van der Waals surface area contributed by atoms with E-state index in [1.54, 1.807) is 4.90 Å². The first-order valence-corrected chi connectivity index (χ1v) is 6.44. The molecule has 0 atom stereocenters. The molecule has 1 heterocycles. The van der Waals surface area contributed by atoms with E-state index < -0.39 is 0 Å². The first kappa shape index (κ1) is 12.1. The fraction of sp³-hybridized carbons (Fsp3) is 0.133. The number of nitrogens with two attached hydrogens (primary N) is 1. The van der Waals surface area contributed by atoms with Gasteiger partial charge in [-0.3, -0.25) is 4.79 Å². The van der Waals surface area contributed by atoms with E-state index in [0.29, 0.717) is 29.4 Å². The Balaban J connectivity index is 1.84. The molecule has 1 aliphatic heterocycles. The summed E-state index contributed by atoms with van der Waals surface area (Å²) in [5, 5.41) is 0.698. The SMILES string of the molecule is Nc1cccc2c1CN(Cc1ccc(Cl)cc1)C2=O. The zero-order valence-electron chi connectivity index (χ0n) is 10.3. The van der Waals surface area contributed by atoms with Gasteiger partial charge in [0.25, 0.3) is 5.91 Å². The number of carbonyl (C=O) groups excluding carboxylic acids is 1. The Bertz CT molecular complexity index is 637. The molecule has 1 amide bonds. The van der Waals surface area contributed by atoms with Gasteiger partial charge < -0.3 is 10.6 Å². The monoisotopic (exact) mass is 272 g/mol. The van der Waals surface area contributed by atoms with Crippen LogP contribution in [0.2, 0.25) is 5.02 Å². The standard InChI is InChI=1S/C15H13ClN2O/c16-11-6-4-10(5-7-11)8-18-9-13-12(15(18)19)2-1-3-14(13)17/h1-7H,8-9,17H2. The van der Waals surface area contributed by atoms with Crippen molar-refractivity contribution in [1.82, 2.24) is 4.90 Å². The van der Waals surface area contributed by atoms with Crippen LogP contribution in [0.3, 0.4) is 0 Å². The molecule has 0 aliphatic carbocycles. The fourth-order valence-electron chi connectivity index (χ4n) is 2.35. The number of halogens is 1. The maximum Gasteiger partial charge on any atom is 0.254 e. The van der Waals surface area contributed by atoms with Gasteiger partial charge in [0.05, 0.1) is 0 Å². The quantitative estimate of drug-likeness (QED) is 0.854. The Morgan fingerprint density at radius 2 is 1.89 bits per heavy atom. The average Bonchev–Trinajstić information content (AvgIpc) is 2.72. The van der Waals surface area contributed by atoms with Crippen LogP contribution in [0.25, 0.3) is 0 Å². The van der Waals surface area contributed by atoms with Gasteiger partial charge in [0.2, 0.25) is 0 Å². The summed E-state index contributed by atoms with van der Waals surface area (Å²) in [7, 11) is 0. The molecule has 0 saturated heterocycles. The van der Waals surface area contributed by atoms with Crippen molar-refractivity contribution in [2.75, 3.05) is 5.73 Å². The van der Waals surface area contributed by atoms with Crippen molar-refractivity contribution in [1.29, 1.82) is 0 Å². The van der Waals surface area contributed by atoms with Crippen molar-refractivity contribution in [2.24, 2.45) is 0 Å². The molecule has 2 aromatic rings. The summed E-state index contributed by atoms with van der Waals surface area (Å²) in [5.41, 5.74) is 9.31. The van der Waals surface area contributed by atoms with E-state index in [4.69, 9.17) is 17.3 Å². The molecule has 3 rings (SSSR count). The van der Waals surface area contributed by atoms with Gasteiger partial charge in [-0.1, -0.05) is 29.8 Å². The molecule has 2 aromatic carbocycles. The van der Waals surface area contributed by atoms with Gasteiger partial charge in [-0.15, -0.1) is 0 Å². The molecule has 0 fully saturated rings. The minimum absolute atomic E-state index is 0.0391. The molecular formula is C15H13ClN2O. The number of hydrogen-bond donors (Lipinski definition) is 1. The Labute approximate surface area is 116 Å². The van der Waals surface area contributed by atoms with Crippen LogP contribution in [0.4, 0.5) is 5.69 Å². The van der Waals surface area contributed by atoms with E-state index in [2.05, 4.69) is 0 Å². The highest BCUT2D eigenvalue weighted by Gasteiger charge is 2.28. The summed E-state index contributed by atoms with van der Waals surface area (Å²) in [6, 6.07) is 13.0. The third-order valence-electron chi connectivity index (χ3n) is 3.37. The summed E-state index contributed by atoms with van der Waals surface area (Å²) in [6.07, 6.45) is 0. The number of benzene rings is 2. The van der Waals surface area contributed by atoms with Crippen LogP contribution < -0.4 is 5.73 Å². The Morgan fingerprint density at radius 1 is 1.16 bits per heavy atom. The molecule has 3 nitrogen and oxygen atoms in total. The smallest absolute Gasteiger partial charge is 0.254 e. The molecule has 2 N–H and O–H groups in total. The second kappa shape index (κ2) is 4.59. The summed E-state index contributed by atoms with van der Waals surface area (Å²) < 4.78 is 0. The number of hydrogen-bond acceptors (Lipinski definition) is 2. The van der Waals surface area contributed by atoms with Crippen LogP contribution >= 0.6 is 11.6 Å². The molecule has 1 aliphatic rings. The summed E-state index contributed by atoms with van der Waals surface area (Å²) in [5.74, 6) is 0.0391. The normalized spacial score (nSPS) is 13.7. The lowest BCUT2D eigenvalue weighted by molar-refractivity contribution is 0.0767. The van der Waals surface area contributed by atoms with Crippen molar-refractivity contribution in [3.63, 3.8) is 0 Å². The summed E-state index contributed by atoms with van der Waals surface area (Å²) in [4.78, 5) is 14.1. The second-order valence-corrected chi connectivity index (χ2v) is 5.10. The van der Waals surface area contributed by atoms with Gasteiger partial charge in [-0.25, -0.2) is 0 Å². The maximum absolute atomic E-state index is 12.3. The van der Waals surface area contributed by atoms with Crippen molar-refractivity contribution < 1.29 is 4.79 Å². The van der Waals surface area contributed by atoms with Crippen LogP contribution in [0, 0.1) is 0 Å². The van der Waals surface area contributed by atoms with E-state index >= 15 is 0 Å². The van der Waals surface area contributed by atoms with E-state index in [-0.39, 0.29) is 5.91 Å². The van der Waals surface area contributed by atoms with Crippen molar-refractivity contribution in [2.45, 2.75) is 13.1 Å². The number of fused-ring (bicyclic) bond motifs is 1. The van der Waals surface area contributed by atoms with Crippen LogP contribution in [0.5, 0.6) is 0 Å². The first-order chi connectivity index (χ1) is 9.15. The lowest BCUT2D eigenvalue weighted by Gasteiger charge is -2.15. The average molecular weight is 273 g/mol. The molecule has 0 saturated carbocycles. The van der Waals surface area contributed by atoms with E-state index in [0.717, 1.165) is 11.1 Å². The van der Waals surface area contributed by atoms with Gasteiger partial charge in [-0.05, 0) is 29.8 Å². The maximum atomic E-state index is 12.3. The van der Waals surface area contributed by atoms with Crippen molar-refractivity contribution in [3.8, 4) is 0 Å². The third-order valence-corrected chi connectivity index (χ3v) is 3.62. The van der Waals surface area contributed by atoms with Gasteiger partial charge in [0.15, 0.2) is 0 Å². The fourth-order valence-corrected chi connectivity index (χ4v) is 2.48. The van der Waals surface area contributed by atoms with Crippen molar-refractivity contribution in [3.05, 3.63) is 64.2 Å². The molecule has 96 valence electrons. The predicted molar refractivity (Wildman–Crippen MR) is 75.9 cm³/mol. The van der Waals surface area contributed by atoms with Gasteiger partial charge in [-0.2, -0.15) is 0 Å². The number of anilines is 1. The van der Waals surface area contributed by atoms with Crippen LogP contribution in [0.15, 0.2) is 42.5 Å². The number of amides is 1.